The van der Waals surface area contributed by atoms with Gasteiger partial charge in [-0.25, -0.2) is 0 Å². The maximum atomic E-state index is 5.69. The van der Waals surface area contributed by atoms with Crippen LogP contribution in [0.1, 0.15) is 50.1 Å². The minimum atomic E-state index is 0.348. The molecule has 2 fully saturated rings. The lowest BCUT2D eigenvalue weighted by atomic mass is 9.96. The first kappa shape index (κ1) is 18.8. The number of rotatable bonds is 5. The summed E-state index contributed by atoms with van der Waals surface area (Å²) in [6, 6.07) is 8.97. The van der Waals surface area contributed by atoms with E-state index in [4.69, 9.17) is 14.6 Å². The van der Waals surface area contributed by atoms with Crippen LogP contribution in [0.4, 0.5) is 0 Å². The zero-order valence-electron chi connectivity index (χ0n) is 17.4. The highest BCUT2D eigenvalue weighted by Gasteiger charge is 2.29. The van der Waals surface area contributed by atoms with Gasteiger partial charge in [0.2, 0.25) is 5.89 Å². The van der Waals surface area contributed by atoms with Gasteiger partial charge < -0.3 is 14.3 Å². The number of likely N-dealkylation sites (N-methyl/N-ethyl adjacent to an activating group) is 1. The third kappa shape index (κ3) is 3.57. The lowest BCUT2D eigenvalue weighted by molar-refractivity contribution is 0.152. The normalized spacial score (nSPS) is 22.1. The minimum absolute atomic E-state index is 0.348. The van der Waals surface area contributed by atoms with E-state index in [0.717, 1.165) is 60.9 Å². The van der Waals surface area contributed by atoms with E-state index in [1.54, 1.807) is 0 Å². The summed E-state index contributed by atoms with van der Waals surface area (Å²) in [7, 11) is 2.26. The molecule has 7 heteroatoms. The zero-order chi connectivity index (χ0) is 19.8. The van der Waals surface area contributed by atoms with E-state index in [1.807, 2.05) is 16.8 Å². The molecule has 0 N–H and O–H groups in total. The molecule has 2 aliphatic heterocycles. The minimum Gasteiger partial charge on any atom is -0.337 e. The summed E-state index contributed by atoms with van der Waals surface area (Å²) >= 11 is 0. The topological polar surface area (TPSA) is 63.2 Å². The van der Waals surface area contributed by atoms with Crippen LogP contribution >= 0.6 is 0 Å². The first-order chi connectivity index (χ1) is 14.2. The van der Waals surface area contributed by atoms with Crippen molar-refractivity contribution < 1.29 is 4.52 Å². The van der Waals surface area contributed by atoms with Crippen LogP contribution in [0.3, 0.4) is 0 Å². The maximum Gasteiger partial charge on any atom is 0.291 e. The van der Waals surface area contributed by atoms with Gasteiger partial charge in [-0.1, -0.05) is 25.1 Å². The Balaban J connectivity index is 1.28. The summed E-state index contributed by atoms with van der Waals surface area (Å²) in [6.45, 7) is 6.78. The van der Waals surface area contributed by atoms with E-state index in [2.05, 4.69) is 41.1 Å². The zero-order valence-corrected chi connectivity index (χ0v) is 17.4. The van der Waals surface area contributed by atoms with Crippen LogP contribution < -0.4 is 0 Å². The molecule has 0 unspecified atom stereocenters. The molecule has 154 valence electrons. The van der Waals surface area contributed by atoms with E-state index in [9.17, 15) is 0 Å². The molecule has 4 heterocycles. The second-order valence-corrected chi connectivity index (χ2v) is 8.51. The van der Waals surface area contributed by atoms with Crippen LogP contribution in [-0.4, -0.2) is 69.0 Å². The summed E-state index contributed by atoms with van der Waals surface area (Å²) in [4.78, 5) is 9.85. The van der Waals surface area contributed by atoms with Crippen molar-refractivity contribution in [2.75, 3.05) is 33.2 Å². The number of nitrogens with zero attached hydrogens (tertiary/aromatic N) is 6. The van der Waals surface area contributed by atoms with E-state index in [0.29, 0.717) is 11.9 Å². The summed E-state index contributed by atoms with van der Waals surface area (Å²) in [5.41, 5.74) is 2.10. The summed E-state index contributed by atoms with van der Waals surface area (Å²) in [5, 5.41) is 10.2. The van der Waals surface area contributed by atoms with Crippen molar-refractivity contribution in [2.45, 2.75) is 51.0 Å². The summed E-state index contributed by atoms with van der Waals surface area (Å²) in [6.07, 6.45) is 5.72. The highest BCUT2D eigenvalue weighted by Crippen LogP contribution is 2.29. The largest absolute Gasteiger partial charge is 0.337 e. The molecule has 3 aromatic rings. The smallest absolute Gasteiger partial charge is 0.291 e. The van der Waals surface area contributed by atoms with Gasteiger partial charge in [0.05, 0.1) is 11.2 Å². The Morgan fingerprint density at radius 1 is 1.10 bits per heavy atom. The third-order valence-corrected chi connectivity index (χ3v) is 6.70. The van der Waals surface area contributed by atoms with Crippen LogP contribution in [0.5, 0.6) is 0 Å². The molecule has 0 radical (unpaired) electrons. The van der Waals surface area contributed by atoms with Crippen molar-refractivity contribution in [3.05, 3.63) is 35.9 Å². The number of fused-ring (bicyclic) bond motifs is 1. The monoisotopic (exact) mass is 394 g/mol. The van der Waals surface area contributed by atoms with Crippen LogP contribution in [0.25, 0.3) is 16.9 Å². The fraction of sp³-hybridized carbons (Fsp3) is 0.591. The van der Waals surface area contributed by atoms with E-state index in [-0.39, 0.29) is 0 Å². The fourth-order valence-corrected chi connectivity index (χ4v) is 4.89. The van der Waals surface area contributed by atoms with Crippen LogP contribution in [-0.2, 0) is 6.42 Å². The van der Waals surface area contributed by atoms with E-state index in [1.165, 1.54) is 25.9 Å². The van der Waals surface area contributed by atoms with Gasteiger partial charge in [-0.2, -0.15) is 14.8 Å². The first-order valence-electron chi connectivity index (χ1n) is 11.0. The Hall–Kier alpha value is -2.25. The summed E-state index contributed by atoms with van der Waals surface area (Å²) in [5.74, 6) is 1.66. The third-order valence-electron chi connectivity index (χ3n) is 6.70. The summed E-state index contributed by atoms with van der Waals surface area (Å²) < 4.78 is 7.51. The molecule has 2 aliphatic rings. The van der Waals surface area contributed by atoms with Gasteiger partial charge in [0.25, 0.3) is 5.95 Å². The van der Waals surface area contributed by atoms with Crippen molar-refractivity contribution in [2.24, 2.45) is 0 Å². The van der Waals surface area contributed by atoms with Gasteiger partial charge in [-0.05, 0) is 70.0 Å². The standard InChI is InChI=1S/C22H30N6O/c1-3-19-18-8-4-5-9-20(18)28(24-19)22-23-21(29-25-22)16-10-13-27(14-11-16)15-17-7-6-12-26(17)2/h4-5,8-9,16-17H,3,6-7,10-15H2,1-2H3/t17-/m0/s1. The van der Waals surface area contributed by atoms with Gasteiger partial charge in [-0.15, -0.1) is 0 Å². The Bertz CT molecular complexity index is 971. The molecular formula is C22H30N6O. The van der Waals surface area contributed by atoms with Crippen molar-refractivity contribution in [3.8, 4) is 5.95 Å². The predicted octanol–water partition coefficient (Wildman–Crippen LogP) is 3.24. The molecule has 7 nitrogen and oxygen atoms in total. The van der Waals surface area contributed by atoms with Crippen molar-refractivity contribution in [3.63, 3.8) is 0 Å². The quantitative estimate of drug-likeness (QED) is 0.662. The van der Waals surface area contributed by atoms with Crippen molar-refractivity contribution in [1.82, 2.24) is 29.7 Å². The second-order valence-electron chi connectivity index (χ2n) is 8.51. The number of likely N-dealkylation sites (tertiary alicyclic amines) is 2. The Labute approximate surface area is 171 Å². The average Bonchev–Trinajstić information content (AvgIpc) is 3.47. The number of para-hydroxylation sites is 1. The highest BCUT2D eigenvalue weighted by molar-refractivity contribution is 5.83. The molecule has 29 heavy (non-hydrogen) atoms. The highest BCUT2D eigenvalue weighted by atomic mass is 16.5. The molecule has 0 aliphatic carbocycles. The molecule has 2 saturated heterocycles. The van der Waals surface area contributed by atoms with Gasteiger partial charge >= 0.3 is 0 Å². The van der Waals surface area contributed by atoms with Crippen LogP contribution in [0, 0.1) is 0 Å². The number of hydrogen-bond donors (Lipinski definition) is 0. The van der Waals surface area contributed by atoms with Gasteiger partial charge in [0.15, 0.2) is 0 Å². The molecule has 0 spiro atoms. The SMILES string of the molecule is CCc1nn(-c2noc(C3CCN(C[C@@H]4CCCN4C)CC3)n2)c2ccccc12. The number of aryl methyl sites for hydroxylation is 1. The van der Waals surface area contributed by atoms with Crippen molar-refractivity contribution >= 4 is 10.9 Å². The molecule has 0 amide bonds. The lowest BCUT2D eigenvalue weighted by Crippen LogP contribution is -2.42. The number of benzene rings is 1. The number of hydrogen-bond acceptors (Lipinski definition) is 6. The van der Waals surface area contributed by atoms with E-state index >= 15 is 0 Å². The molecule has 1 atom stereocenters. The van der Waals surface area contributed by atoms with Crippen LogP contribution in [0.2, 0.25) is 0 Å². The van der Waals surface area contributed by atoms with Crippen LogP contribution in [0.15, 0.2) is 28.8 Å². The molecule has 0 bridgehead atoms. The number of aromatic nitrogens is 4. The molecule has 2 aromatic heterocycles. The maximum absolute atomic E-state index is 5.69. The molecule has 5 rings (SSSR count). The van der Waals surface area contributed by atoms with Crippen molar-refractivity contribution in [1.29, 1.82) is 0 Å². The van der Waals surface area contributed by atoms with Gasteiger partial charge in [0.1, 0.15) is 0 Å². The Morgan fingerprint density at radius 3 is 2.69 bits per heavy atom. The Morgan fingerprint density at radius 2 is 1.93 bits per heavy atom. The van der Waals surface area contributed by atoms with E-state index < -0.39 is 0 Å². The van der Waals surface area contributed by atoms with Gasteiger partial charge in [0, 0.05) is 23.9 Å². The van der Waals surface area contributed by atoms with Gasteiger partial charge in [-0.3, -0.25) is 0 Å². The fourth-order valence-electron chi connectivity index (χ4n) is 4.89. The molecule has 0 saturated carbocycles. The molecule has 1 aromatic carbocycles. The first-order valence-corrected chi connectivity index (χ1v) is 11.0. The number of piperidine rings is 1. The Kier molecular flexibility index (Phi) is 5.09. The second kappa shape index (κ2) is 7.88. The average molecular weight is 395 g/mol. The molecular weight excluding hydrogens is 364 g/mol. The predicted molar refractivity (Wildman–Crippen MR) is 112 cm³/mol. The lowest BCUT2D eigenvalue weighted by Gasteiger charge is -2.33.